The molecule has 0 unspecified atom stereocenters. The van der Waals surface area contributed by atoms with E-state index in [1.54, 1.807) is 6.07 Å². The van der Waals surface area contributed by atoms with Crippen LogP contribution in [0, 0.1) is 6.92 Å². The van der Waals surface area contributed by atoms with Crippen LogP contribution >= 0.6 is 34.5 Å². The lowest BCUT2D eigenvalue weighted by Crippen LogP contribution is -1.94. The minimum absolute atomic E-state index is 0.300. The zero-order chi connectivity index (χ0) is 15.0. The van der Waals surface area contributed by atoms with Crippen LogP contribution < -0.4 is 5.73 Å². The molecule has 0 radical (unpaired) electrons. The van der Waals surface area contributed by atoms with Crippen molar-refractivity contribution in [2.45, 2.75) is 13.5 Å². The van der Waals surface area contributed by atoms with E-state index in [0.717, 1.165) is 15.6 Å². The molecule has 0 fully saturated rings. The maximum absolute atomic E-state index is 6.08. The summed E-state index contributed by atoms with van der Waals surface area (Å²) in [6, 6.07) is 1.58. The Morgan fingerprint density at radius 1 is 1.33 bits per heavy atom. The molecule has 3 aromatic heterocycles. The van der Waals surface area contributed by atoms with Gasteiger partial charge in [-0.2, -0.15) is 4.98 Å². The Morgan fingerprint density at radius 3 is 2.81 bits per heavy atom. The van der Waals surface area contributed by atoms with Crippen molar-refractivity contribution in [1.82, 2.24) is 20.1 Å². The zero-order valence-corrected chi connectivity index (χ0v) is 13.1. The molecular weight excluding hydrogens is 333 g/mol. The predicted octanol–water partition coefficient (Wildman–Crippen LogP) is 3.33. The van der Waals surface area contributed by atoms with E-state index in [1.807, 2.05) is 6.92 Å². The van der Waals surface area contributed by atoms with Crippen LogP contribution in [0.3, 0.4) is 0 Å². The maximum Gasteiger partial charge on any atom is 0.270 e. The van der Waals surface area contributed by atoms with Crippen molar-refractivity contribution in [3.8, 4) is 22.3 Å². The molecule has 0 amide bonds. The first-order valence-electron chi connectivity index (χ1n) is 5.90. The Kier molecular flexibility index (Phi) is 3.90. The Hall–Kier alpha value is -1.54. The van der Waals surface area contributed by atoms with Crippen LogP contribution in [0.15, 0.2) is 16.8 Å². The summed E-state index contributed by atoms with van der Waals surface area (Å²) in [5, 5.41) is 5.51. The summed E-state index contributed by atoms with van der Waals surface area (Å²) in [5.41, 5.74) is 6.79. The molecular formula is C12H9Cl2N5OS. The monoisotopic (exact) mass is 341 g/mol. The molecule has 0 saturated heterocycles. The summed E-state index contributed by atoms with van der Waals surface area (Å²) in [7, 11) is 0. The van der Waals surface area contributed by atoms with Crippen LogP contribution in [-0.2, 0) is 6.54 Å². The number of aryl methyl sites for hydroxylation is 1. The highest BCUT2D eigenvalue weighted by molar-refractivity contribution is 7.15. The fourth-order valence-electron chi connectivity index (χ4n) is 1.73. The highest BCUT2D eigenvalue weighted by Crippen LogP contribution is 2.31. The first-order chi connectivity index (χ1) is 10.1. The van der Waals surface area contributed by atoms with Gasteiger partial charge in [0.2, 0.25) is 5.82 Å². The minimum Gasteiger partial charge on any atom is -0.333 e. The van der Waals surface area contributed by atoms with E-state index in [2.05, 4.69) is 20.1 Å². The van der Waals surface area contributed by atoms with E-state index >= 15 is 0 Å². The third kappa shape index (κ3) is 2.77. The van der Waals surface area contributed by atoms with Gasteiger partial charge in [0.05, 0.1) is 15.7 Å². The molecule has 0 aliphatic heterocycles. The molecule has 0 aliphatic carbocycles. The van der Waals surface area contributed by atoms with Gasteiger partial charge in [-0.25, -0.2) is 9.97 Å². The summed E-state index contributed by atoms with van der Waals surface area (Å²) in [6.45, 7) is 2.24. The van der Waals surface area contributed by atoms with Crippen molar-refractivity contribution in [2.24, 2.45) is 5.73 Å². The summed E-state index contributed by atoms with van der Waals surface area (Å²) < 4.78 is 5.27. The number of pyridine rings is 1. The summed E-state index contributed by atoms with van der Waals surface area (Å²) in [4.78, 5) is 13.5. The Balaban J connectivity index is 2.01. The molecule has 0 bridgehead atoms. The standard InChI is InChI=1S/C12H9Cl2N5OS/c1-5-10(21-8(3-15)17-5)12-18-11(19-20-12)9-7(14)2-6(13)4-16-9/h2,4H,3,15H2,1H3. The van der Waals surface area contributed by atoms with Gasteiger partial charge in [0.25, 0.3) is 5.89 Å². The van der Waals surface area contributed by atoms with E-state index < -0.39 is 0 Å². The van der Waals surface area contributed by atoms with Gasteiger partial charge in [-0.15, -0.1) is 11.3 Å². The zero-order valence-electron chi connectivity index (χ0n) is 10.8. The largest absolute Gasteiger partial charge is 0.333 e. The van der Waals surface area contributed by atoms with Crippen molar-refractivity contribution in [3.05, 3.63) is 33.0 Å². The second kappa shape index (κ2) is 5.69. The van der Waals surface area contributed by atoms with Gasteiger partial charge < -0.3 is 10.3 Å². The molecule has 0 saturated carbocycles. The van der Waals surface area contributed by atoms with E-state index in [4.69, 9.17) is 33.5 Å². The first-order valence-corrected chi connectivity index (χ1v) is 7.47. The van der Waals surface area contributed by atoms with Gasteiger partial charge in [0, 0.05) is 12.7 Å². The van der Waals surface area contributed by atoms with E-state index in [1.165, 1.54) is 17.5 Å². The number of nitrogens with zero attached hydrogens (tertiary/aromatic N) is 4. The highest BCUT2D eigenvalue weighted by Gasteiger charge is 2.18. The minimum atomic E-state index is 0.300. The second-order valence-corrected chi connectivity index (χ2v) is 6.06. The van der Waals surface area contributed by atoms with E-state index in [-0.39, 0.29) is 0 Å². The number of nitrogens with two attached hydrogens (primary N) is 1. The lowest BCUT2D eigenvalue weighted by molar-refractivity contribution is 0.432. The second-order valence-electron chi connectivity index (χ2n) is 4.13. The van der Waals surface area contributed by atoms with Crippen molar-refractivity contribution < 1.29 is 4.52 Å². The first kappa shape index (κ1) is 14.4. The van der Waals surface area contributed by atoms with Gasteiger partial charge in [0.15, 0.2) is 0 Å². The van der Waals surface area contributed by atoms with Crippen molar-refractivity contribution in [1.29, 1.82) is 0 Å². The summed E-state index contributed by atoms with van der Waals surface area (Å²) in [6.07, 6.45) is 1.48. The van der Waals surface area contributed by atoms with Crippen LogP contribution in [-0.4, -0.2) is 20.1 Å². The molecule has 0 aromatic carbocycles. The molecule has 0 atom stereocenters. The quantitative estimate of drug-likeness (QED) is 0.785. The Labute approximate surface area is 133 Å². The highest BCUT2D eigenvalue weighted by atomic mass is 35.5. The lowest BCUT2D eigenvalue weighted by atomic mass is 10.3. The lowest BCUT2D eigenvalue weighted by Gasteiger charge is -1.97. The van der Waals surface area contributed by atoms with Crippen molar-refractivity contribution in [2.75, 3.05) is 0 Å². The number of rotatable bonds is 3. The van der Waals surface area contributed by atoms with Crippen LogP contribution in [0.4, 0.5) is 0 Å². The van der Waals surface area contributed by atoms with Gasteiger partial charge >= 0.3 is 0 Å². The SMILES string of the molecule is Cc1nc(CN)sc1-c1nc(-c2ncc(Cl)cc2Cl)no1. The van der Waals surface area contributed by atoms with Crippen LogP contribution in [0.25, 0.3) is 22.3 Å². The number of aromatic nitrogens is 4. The molecule has 3 rings (SSSR count). The number of halogens is 2. The number of hydrogen-bond donors (Lipinski definition) is 1. The average molecular weight is 342 g/mol. The molecule has 9 heteroatoms. The molecule has 0 aliphatic rings. The van der Waals surface area contributed by atoms with Crippen LogP contribution in [0.2, 0.25) is 10.0 Å². The fraction of sp³-hybridized carbons (Fsp3) is 0.167. The summed E-state index contributed by atoms with van der Waals surface area (Å²) in [5.74, 6) is 0.668. The smallest absolute Gasteiger partial charge is 0.270 e. The van der Waals surface area contributed by atoms with Gasteiger partial charge in [-0.05, 0) is 13.0 Å². The molecule has 2 N–H and O–H groups in total. The molecule has 21 heavy (non-hydrogen) atoms. The third-order valence-corrected chi connectivity index (χ3v) is 4.32. The van der Waals surface area contributed by atoms with Crippen LogP contribution in [0.1, 0.15) is 10.7 Å². The van der Waals surface area contributed by atoms with E-state index in [0.29, 0.717) is 34.0 Å². The van der Waals surface area contributed by atoms with Crippen LogP contribution in [0.5, 0.6) is 0 Å². The molecule has 3 heterocycles. The predicted molar refractivity (Wildman–Crippen MR) is 81.3 cm³/mol. The molecule has 3 aromatic rings. The summed E-state index contributed by atoms with van der Waals surface area (Å²) >= 11 is 13.3. The molecule has 6 nitrogen and oxygen atoms in total. The third-order valence-electron chi connectivity index (χ3n) is 2.66. The molecule has 0 spiro atoms. The normalized spacial score (nSPS) is 11.0. The molecule has 108 valence electrons. The van der Waals surface area contributed by atoms with Crippen molar-refractivity contribution >= 4 is 34.5 Å². The van der Waals surface area contributed by atoms with E-state index in [9.17, 15) is 0 Å². The Morgan fingerprint density at radius 2 is 2.14 bits per heavy atom. The average Bonchev–Trinajstić information content (AvgIpc) is 3.05. The fourth-order valence-corrected chi connectivity index (χ4v) is 3.06. The Bertz CT molecular complexity index is 801. The van der Waals surface area contributed by atoms with Gasteiger partial charge in [-0.3, -0.25) is 0 Å². The number of hydrogen-bond acceptors (Lipinski definition) is 7. The topological polar surface area (TPSA) is 90.7 Å². The van der Waals surface area contributed by atoms with Gasteiger partial charge in [-0.1, -0.05) is 28.4 Å². The number of thiazole rings is 1. The van der Waals surface area contributed by atoms with Gasteiger partial charge in [0.1, 0.15) is 15.6 Å². The maximum atomic E-state index is 6.08. The van der Waals surface area contributed by atoms with Crippen molar-refractivity contribution in [3.63, 3.8) is 0 Å².